The number of H-pyrrole nitrogens is 2. The van der Waals surface area contributed by atoms with E-state index in [9.17, 15) is 14.4 Å². The summed E-state index contributed by atoms with van der Waals surface area (Å²) in [4.78, 5) is 45.5. The maximum Gasteiger partial charge on any atom is 0.417 e. The number of aromatic amines is 2. The van der Waals surface area contributed by atoms with Gasteiger partial charge in [0.15, 0.2) is 5.58 Å². The van der Waals surface area contributed by atoms with Gasteiger partial charge in [0.2, 0.25) is 0 Å². The highest BCUT2D eigenvalue weighted by molar-refractivity contribution is 5.97. The SMILES string of the molecule is O=C(c1ccc2[nH]c(=O)oc2c1)N1CCCN(C(=O)c2ccc[nH]2)CC1. The van der Waals surface area contributed by atoms with Crippen molar-refractivity contribution in [1.29, 1.82) is 0 Å². The predicted molar refractivity (Wildman–Crippen MR) is 94.1 cm³/mol. The maximum absolute atomic E-state index is 12.8. The van der Waals surface area contributed by atoms with Crippen LogP contribution in [0.4, 0.5) is 0 Å². The Bertz CT molecular complexity index is 1000. The van der Waals surface area contributed by atoms with Crippen LogP contribution in [0, 0.1) is 0 Å². The van der Waals surface area contributed by atoms with Crippen LogP contribution >= 0.6 is 0 Å². The molecule has 0 unspecified atom stereocenters. The van der Waals surface area contributed by atoms with Gasteiger partial charge in [0.1, 0.15) is 5.69 Å². The number of aromatic nitrogens is 2. The van der Waals surface area contributed by atoms with E-state index in [0.29, 0.717) is 55.0 Å². The first-order valence-corrected chi connectivity index (χ1v) is 8.46. The average molecular weight is 354 g/mol. The van der Waals surface area contributed by atoms with Crippen molar-refractivity contribution in [1.82, 2.24) is 19.8 Å². The highest BCUT2D eigenvalue weighted by Gasteiger charge is 2.24. The van der Waals surface area contributed by atoms with Gasteiger partial charge in [-0.05, 0) is 36.8 Å². The van der Waals surface area contributed by atoms with E-state index >= 15 is 0 Å². The van der Waals surface area contributed by atoms with Gasteiger partial charge in [-0.25, -0.2) is 4.79 Å². The zero-order valence-electron chi connectivity index (χ0n) is 14.0. The van der Waals surface area contributed by atoms with Gasteiger partial charge in [-0.15, -0.1) is 0 Å². The van der Waals surface area contributed by atoms with Gasteiger partial charge in [-0.3, -0.25) is 14.6 Å². The third kappa shape index (κ3) is 3.01. The molecule has 2 amide bonds. The molecule has 26 heavy (non-hydrogen) atoms. The van der Waals surface area contributed by atoms with Crippen molar-refractivity contribution in [3.63, 3.8) is 0 Å². The molecule has 4 rings (SSSR count). The molecular formula is C18H18N4O4. The van der Waals surface area contributed by atoms with Gasteiger partial charge in [0.05, 0.1) is 5.52 Å². The predicted octanol–water partition coefficient (Wildman–Crippen LogP) is 1.44. The van der Waals surface area contributed by atoms with Crippen LogP contribution in [0.5, 0.6) is 0 Å². The van der Waals surface area contributed by atoms with E-state index in [1.165, 1.54) is 0 Å². The van der Waals surface area contributed by atoms with Gasteiger partial charge in [0.25, 0.3) is 11.8 Å². The van der Waals surface area contributed by atoms with Crippen molar-refractivity contribution in [2.75, 3.05) is 26.2 Å². The molecule has 8 heteroatoms. The lowest BCUT2D eigenvalue weighted by Crippen LogP contribution is -2.37. The molecule has 0 aliphatic carbocycles. The van der Waals surface area contributed by atoms with Crippen LogP contribution < -0.4 is 5.76 Å². The van der Waals surface area contributed by atoms with Crippen LogP contribution in [0.25, 0.3) is 11.1 Å². The molecule has 1 saturated heterocycles. The van der Waals surface area contributed by atoms with Crippen LogP contribution in [-0.4, -0.2) is 57.8 Å². The number of hydrogen-bond acceptors (Lipinski definition) is 4. The molecule has 1 aliphatic heterocycles. The molecule has 2 N–H and O–H groups in total. The van der Waals surface area contributed by atoms with Crippen molar-refractivity contribution in [2.24, 2.45) is 0 Å². The summed E-state index contributed by atoms with van der Waals surface area (Å²) in [6.45, 7) is 2.11. The summed E-state index contributed by atoms with van der Waals surface area (Å²) in [5, 5.41) is 0. The highest BCUT2D eigenvalue weighted by Crippen LogP contribution is 2.16. The number of benzene rings is 1. The fraction of sp³-hybridized carbons (Fsp3) is 0.278. The van der Waals surface area contributed by atoms with Crippen molar-refractivity contribution >= 4 is 22.9 Å². The summed E-state index contributed by atoms with van der Waals surface area (Å²) < 4.78 is 5.02. The number of carbonyl (C=O) groups excluding carboxylic acids is 2. The number of nitrogens with zero attached hydrogens (tertiary/aromatic N) is 2. The van der Waals surface area contributed by atoms with E-state index in [1.807, 2.05) is 0 Å². The zero-order chi connectivity index (χ0) is 18.1. The number of carbonyl (C=O) groups is 2. The summed E-state index contributed by atoms with van der Waals surface area (Å²) >= 11 is 0. The molecule has 2 aromatic heterocycles. The number of amides is 2. The van der Waals surface area contributed by atoms with Crippen LogP contribution in [0.3, 0.4) is 0 Å². The van der Waals surface area contributed by atoms with Gasteiger partial charge in [-0.2, -0.15) is 0 Å². The number of hydrogen-bond donors (Lipinski definition) is 2. The molecule has 1 fully saturated rings. The Morgan fingerprint density at radius 3 is 2.50 bits per heavy atom. The third-order valence-electron chi connectivity index (χ3n) is 4.57. The Morgan fingerprint density at radius 2 is 1.77 bits per heavy atom. The van der Waals surface area contributed by atoms with Gasteiger partial charge >= 0.3 is 5.76 Å². The molecule has 8 nitrogen and oxygen atoms in total. The lowest BCUT2D eigenvalue weighted by atomic mass is 10.1. The maximum atomic E-state index is 12.8. The summed E-state index contributed by atoms with van der Waals surface area (Å²) in [6, 6.07) is 8.43. The Kier molecular flexibility index (Phi) is 4.08. The highest BCUT2D eigenvalue weighted by atomic mass is 16.4. The minimum Gasteiger partial charge on any atom is -0.408 e. The largest absolute Gasteiger partial charge is 0.417 e. The fourth-order valence-electron chi connectivity index (χ4n) is 3.22. The normalized spacial score (nSPS) is 15.2. The fourth-order valence-corrected chi connectivity index (χ4v) is 3.22. The quantitative estimate of drug-likeness (QED) is 0.727. The minimum atomic E-state index is -0.544. The molecule has 0 bridgehead atoms. The lowest BCUT2D eigenvalue weighted by Gasteiger charge is -2.22. The molecule has 0 spiro atoms. The molecule has 134 valence electrons. The van der Waals surface area contributed by atoms with E-state index in [4.69, 9.17) is 4.42 Å². The van der Waals surface area contributed by atoms with E-state index in [-0.39, 0.29) is 11.8 Å². The third-order valence-corrected chi connectivity index (χ3v) is 4.57. The molecule has 0 radical (unpaired) electrons. The van der Waals surface area contributed by atoms with Crippen molar-refractivity contribution in [3.05, 3.63) is 58.3 Å². The smallest absolute Gasteiger partial charge is 0.408 e. The van der Waals surface area contributed by atoms with Crippen LogP contribution in [-0.2, 0) is 0 Å². The Labute approximate surface area is 148 Å². The molecular weight excluding hydrogens is 336 g/mol. The van der Waals surface area contributed by atoms with Crippen molar-refractivity contribution < 1.29 is 14.0 Å². The topological polar surface area (TPSA) is 102 Å². The van der Waals surface area contributed by atoms with Gasteiger partial charge in [0, 0.05) is 37.9 Å². The summed E-state index contributed by atoms with van der Waals surface area (Å²) in [6.07, 6.45) is 2.43. The van der Waals surface area contributed by atoms with Gasteiger partial charge in [-0.1, -0.05) is 0 Å². The molecule has 1 aromatic carbocycles. The second-order valence-corrected chi connectivity index (χ2v) is 6.25. The number of nitrogens with one attached hydrogen (secondary N) is 2. The Hall–Kier alpha value is -3.29. The first-order valence-electron chi connectivity index (χ1n) is 8.46. The van der Waals surface area contributed by atoms with Crippen LogP contribution in [0.1, 0.15) is 27.3 Å². The second kappa shape index (κ2) is 6.55. The van der Waals surface area contributed by atoms with E-state index in [1.54, 1.807) is 46.3 Å². The zero-order valence-corrected chi connectivity index (χ0v) is 14.0. The summed E-state index contributed by atoms with van der Waals surface area (Å²) in [5.41, 5.74) is 1.94. The Balaban J connectivity index is 1.48. The molecule has 3 aromatic rings. The first-order chi connectivity index (χ1) is 12.6. The molecule has 0 saturated carbocycles. The molecule has 1 aliphatic rings. The van der Waals surface area contributed by atoms with Crippen LogP contribution in [0.2, 0.25) is 0 Å². The molecule has 0 atom stereocenters. The summed E-state index contributed by atoms with van der Waals surface area (Å²) in [5.74, 6) is -0.734. The minimum absolute atomic E-state index is 0.0557. The number of fused-ring (bicyclic) bond motifs is 1. The van der Waals surface area contributed by atoms with E-state index in [0.717, 1.165) is 0 Å². The summed E-state index contributed by atoms with van der Waals surface area (Å²) in [7, 11) is 0. The second-order valence-electron chi connectivity index (χ2n) is 6.25. The number of rotatable bonds is 2. The first kappa shape index (κ1) is 16.2. The van der Waals surface area contributed by atoms with E-state index < -0.39 is 5.76 Å². The Morgan fingerprint density at radius 1 is 1.00 bits per heavy atom. The van der Waals surface area contributed by atoms with E-state index in [2.05, 4.69) is 9.97 Å². The average Bonchev–Trinajstić information content (AvgIpc) is 3.23. The standard InChI is InChI=1S/C18H18N4O4/c23-16(12-4-5-13-15(11-12)26-18(25)20-13)21-7-2-8-22(10-9-21)17(24)14-3-1-6-19-14/h1,3-6,11,19H,2,7-10H2,(H,20,25). The van der Waals surface area contributed by atoms with Crippen molar-refractivity contribution in [2.45, 2.75) is 6.42 Å². The molecule has 3 heterocycles. The number of oxazole rings is 1. The monoisotopic (exact) mass is 354 g/mol. The van der Waals surface area contributed by atoms with Crippen LogP contribution in [0.15, 0.2) is 45.7 Å². The van der Waals surface area contributed by atoms with Gasteiger partial charge < -0.3 is 19.2 Å². The van der Waals surface area contributed by atoms with Crippen molar-refractivity contribution in [3.8, 4) is 0 Å². The lowest BCUT2D eigenvalue weighted by molar-refractivity contribution is 0.0716.